The normalized spacial score (nSPS) is 34.8. The molecule has 92 valence electrons. The Morgan fingerprint density at radius 2 is 2.06 bits per heavy atom. The fourth-order valence-electron chi connectivity index (χ4n) is 2.79. The summed E-state index contributed by atoms with van der Waals surface area (Å²) in [6, 6.07) is 0. The smallest absolute Gasteiger partial charge is 0.304 e. The predicted octanol–water partition coefficient (Wildman–Crippen LogP) is 3.10. The fourth-order valence-corrected chi connectivity index (χ4v) is 2.79. The molecule has 0 aromatic heterocycles. The van der Waals surface area contributed by atoms with Crippen LogP contribution in [0.2, 0.25) is 0 Å². The molecule has 4 heteroatoms. The van der Waals surface area contributed by atoms with Crippen LogP contribution >= 0.6 is 0 Å². The summed E-state index contributed by atoms with van der Waals surface area (Å²) in [6.07, 6.45) is 2.53. The number of nitroso groups, excluding NO2 is 1. The van der Waals surface area contributed by atoms with Gasteiger partial charge in [0.15, 0.2) is 0 Å². The molecule has 3 atom stereocenters. The molecular formula is C12H21NO3. The summed E-state index contributed by atoms with van der Waals surface area (Å²) in [5.74, 6) is 0.307. The second-order valence-electron chi connectivity index (χ2n) is 5.27. The second-order valence-corrected chi connectivity index (χ2v) is 5.27. The summed E-state index contributed by atoms with van der Waals surface area (Å²) >= 11 is 0. The minimum atomic E-state index is -1.13. The Kier molecular flexibility index (Phi) is 4.05. The van der Waals surface area contributed by atoms with Crippen molar-refractivity contribution in [1.29, 1.82) is 0 Å². The van der Waals surface area contributed by atoms with Gasteiger partial charge in [-0.1, -0.05) is 20.8 Å². The number of carbonyl (C=O) groups is 1. The van der Waals surface area contributed by atoms with Gasteiger partial charge in [-0.25, -0.2) is 0 Å². The zero-order valence-corrected chi connectivity index (χ0v) is 10.5. The molecule has 16 heavy (non-hydrogen) atoms. The van der Waals surface area contributed by atoms with Crippen LogP contribution in [0.3, 0.4) is 0 Å². The third-order valence-corrected chi connectivity index (χ3v) is 3.47. The van der Waals surface area contributed by atoms with Crippen molar-refractivity contribution in [2.24, 2.45) is 22.9 Å². The molecule has 0 aromatic rings. The number of rotatable bonds is 3. The van der Waals surface area contributed by atoms with E-state index >= 15 is 0 Å². The molecule has 0 radical (unpaired) electrons. The van der Waals surface area contributed by atoms with Gasteiger partial charge < -0.3 is 4.74 Å². The second kappa shape index (κ2) is 4.93. The van der Waals surface area contributed by atoms with Gasteiger partial charge in [0.1, 0.15) is 0 Å². The lowest BCUT2D eigenvalue weighted by Gasteiger charge is -2.41. The zero-order valence-electron chi connectivity index (χ0n) is 10.5. The highest BCUT2D eigenvalue weighted by Gasteiger charge is 2.48. The first kappa shape index (κ1) is 13.1. The first-order valence-corrected chi connectivity index (χ1v) is 5.95. The topological polar surface area (TPSA) is 55.7 Å². The number of ether oxygens (including phenoxy) is 1. The molecule has 0 unspecified atom stereocenters. The molecule has 0 N–H and O–H groups in total. The van der Waals surface area contributed by atoms with Gasteiger partial charge in [-0.3, -0.25) is 4.79 Å². The van der Waals surface area contributed by atoms with Gasteiger partial charge in [-0.2, -0.15) is 0 Å². The first-order chi connectivity index (χ1) is 7.41. The van der Waals surface area contributed by atoms with Crippen LogP contribution in [0, 0.1) is 22.7 Å². The van der Waals surface area contributed by atoms with Gasteiger partial charge in [0, 0.05) is 19.3 Å². The summed E-state index contributed by atoms with van der Waals surface area (Å²) in [7, 11) is 0. The maximum atomic E-state index is 11.2. The molecule has 1 saturated carbocycles. The molecule has 0 aliphatic heterocycles. The molecule has 0 heterocycles. The van der Waals surface area contributed by atoms with Crippen LogP contribution in [0.5, 0.6) is 0 Å². The van der Waals surface area contributed by atoms with E-state index in [9.17, 15) is 9.70 Å². The minimum absolute atomic E-state index is 0.0464. The number of esters is 1. The van der Waals surface area contributed by atoms with Crippen LogP contribution in [-0.4, -0.2) is 11.7 Å². The lowest BCUT2D eigenvalue weighted by Crippen LogP contribution is -2.47. The van der Waals surface area contributed by atoms with E-state index in [0.29, 0.717) is 18.3 Å². The predicted molar refractivity (Wildman–Crippen MR) is 61.6 cm³/mol. The SMILES string of the molecule is CC(=O)O[C@]1(N=O)C[C@H](C)CC[C@H]1C(C)C. The highest BCUT2D eigenvalue weighted by Crippen LogP contribution is 2.44. The van der Waals surface area contributed by atoms with Crippen LogP contribution in [0.4, 0.5) is 0 Å². The average molecular weight is 227 g/mol. The van der Waals surface area contributed by atoms with Crippen molar-refractivity contribution in [1.82, 2.24) is 0 Å². The Bertz CT molecular complexity index is 277. The van der Waals surface area contributed by atoms with Crippen LogP contribution in [0.15, 0.2) is 5.18 Å². The maximum Gasteiger partial charge on any atom is 0.304 e. The summed E-state index contributed by atoms with van der Waals surface area (Å²) in [4.78, 5) is 22.3. The lowest BCUT2D eigenvalue weighted by atomic mass is 9.71. The molecular weight excluding hydrogens is 206 g/mol. The van der Waals surface area contributed by atoms with Crippen molar-refractivity contribution in [3.8, 4) is 0 Å². The number of hydrogen-bond acceptors (Lipinski definition) is 4. The average Bonchev–Trinajstić information content (AvgIpc) is 2.16. The summed E-state index contributed by atoms with van der Waals surface area (Å²) < 4.78 is 5.25. The van der Waals surface area contributed by atoms with E-state index in [-0.39, 0.29) is 5.92 Å². The molecule has 0 bridgehead atoms. The molecule has 0 spiro atoms. The van der Waals surface area contributed by atoms with Crippen LogP contribution < -0.4 is 0 Å². The van der Waals surface area contributed by atoms with E-state index in [4.69, 9.17) is 4.74 Å². The standard InChI is InChI=1S/C12H21NO3/c1-8(2)11-6-5-9(3)7-12(11,13-15)16-10(4)14/h8-9,11H,5-7H2,1-4H3/t9-,11+,12-/m1/s1. The van der Waals surface area contributed by atoms with Gasteiger partial charge in [0.25, 0.3) is 0 Å². The highest BCUT2D eigenvalue weighted by atomic mass is 16.6. The molecule has 1 rings (SSSR count). The summed E-state index contributed by atoms with van der Waals surface area (Å²) in [6.45, 7) is 7.50. The van der Waals surface area contributed by atoms with Crippen LogP contribution in [-0.2, 0) is 9.53 Å². The molecule has 1 aliphatic rings. The summed E-state index contributed by atoms with van der Waals surface area (Å²) in [5, 5.41) is 3.18. The van der Waals surface area contributed by atoms with E-state index in [0.717, 1.165) is 12.8 Å². The van der Waals surface area contributed by atoms with Crippen molar-refractivity contribution in [3.63, 3.8) is 0 Å². The lowest BCUT2D eigenvalue weighted by molar-refractivity contribution is -0.172. The Balaban J connectivity index is 2.96. The molecule has 1 fully saturated rings. The molecule has 0 aromatic carbocycles. The van der Waals surface area contributed by atoms with Crippen molar-refractivity contribution in [2.45, 2.75) is 52.7 Å². The highest BCUT2D eigenvalue weighted by molar-refractivity contribution is 5.66. The number of carbonyl (C=O) groups excluding carboxylic acids is 1. The Labute approximate surface area is 96.7 Å². The van der Waals surface area contributed by atoms with E-state index in [2.05, 4.69) is 12.1 Å². The maximum absolute atomic E-state index is 11.2. The van der Waals surface area contributed by atoms with Crippen LogP contribution in [0.25, 0.3) is 0 Å². The molecule has 1 aliphatic carbocycles. The molecule has 4 nitrogen and oxygen atoms in total. The van der Waals surface area contributed by atoms with Crippen LogP contribution in [0.1, 0.15) is 47.0 Å². The number of nitrogens with zero attached hydrogens (tertiary/aromatic N) is 1. The van der Waals surface area contributed by atoms with Crippen molar-refractivity contribution in [2.75, 3.05) is 0 Å². The Morgan fingerprint density at radius 1 is 1.44 bits per heavy atom. The van der Waals surface area contributed by atoms with E-state index in [1.165, 1.54) is 6.92 Å². The molecule has 0 amide bonds. The summed E-state index contributed by atoms with van der Waals surface area (Å²) in [5.41, 5.74) is -1.13. The quantitative estimate of drug-likeness (QED) is 0.550. The van der Waals surface area contributed by atoms with Gasteiger partial charge in [0.05, 0.1) is 0 Å². The Hall–Kier alpha value is -0.930. The fraction of sp³-hybridized carbons (Fsp3) is 0.917. The van der Waals surface area contributed by atoms with Crippen molar-refractivity contribution < 1.29 is 9.53 Å². The largest absolute Gasteiger partial charge is 0.433 e. The molecule has 0 saturated heterocycles. The Morgan fingerprint density at radius 3 is 2.50 bits per heavy atom. The van der Waals surface area contributed by atoms with Gasteiger partial charge >= 0.3 is 5.97 Å². The van der Waals surface area contributed by atoms with Crippen molar-refractivity contribution in [3.05, 3.63) is 4.91 Å². The number of hydrogen-bond donors (Lipinski definition) is 0. The van der Waals surface area contributed by atoms with E-state index in [1.807, 2.05) is 13.8 Å². The van der Waals surface area contributed by atoms with Crippen molar-refractivity contribution >= 4 is 5.97 Å². The van der Waals surface area contributed by atoms with E-state index < -0.39 is 11.7 Å². The van der Waals surface area contributed by atoms with E-state index in [1.54, 1.807) is 0 Å². The van der Waals surface area contributed by atoms with Gasteiger partial charge in [-0.15, -0.1) is 4.91 Å². The third kappa shape index (κ3) is 2.60. The monoisotopic (exact) mass is 227 g/mol. The first-order valence-electron chi connectivity index (χ1n) is 5.95. The van der Waals surface area contributed by atoms with Gasteiger partial charge in [-0.05, 0) is 29.9 Å². The third-order valence-electron chi connectivity index (χ3n) is 3.47. The minimum Gasteiger partial charge on any atom is -0.433 e. The van der Waals surface area contributed by atoms with Gasteiger partial charge in [0.2, 0.25) is 5.72 Å². The zero-order chi connectivity index (χ0) is 12.3.